The Kier molecular flexibility index (Phi) is 4.99. The van der Waals surface area contributed by atoms with Crippen molar-refractivity contribution in [1.29, 1.82) is 0 Å². The highest BCUT2D eigenvalue weighted by molar-refractivity contribution is 5.74. The second-order valence-electron chi connectivity index (χ2n) is 6.28. The summed E-state index contributed by atoms with van der Waals surface area (Å²) in [6.07, 6.45) is 3.48. The molecule has 2 amide bonds. The van der Waals surface area contributed by atoms with Gasteiger partial charge < -0.3 is 15.1 Å². The van der Waals surface area contributed by atoms with Gasteiger partial charge in [-0.1, -0.05) is 12.1 Å². The van der Waals surface area contributed by atoms with E-state index in [0.29, 0.717) is 6.54 Å². The molecular formula is C19H24N4O. The zero-order valence-electron chi connectivity index (χ0n) is 14.3. The Hall–Kier alpha value is -2.56. The lowest BCUT2D eigenvalue weighted by atomic mass is 10.1. The van der Waals surface area contributed by atoms with Crippen molar-refractivity contribution in [2.75, 3.05) is 31.1 Å². The Morgan fingerprint density at radius 3 is 2.50 bits per heavy atom. The van der Waals surface area contributed by atoms with E-state index in [2.05, 4.69) is 47.2 Å². The Morgan fingerprint density at radius 2 is 1.79 bits per heavy atom. The largest absolute Gasteiger partial charge is 0.368 e. The van der Waals surface area contributed by atoms with Crippen molar-refractivity contribution in [2.45, 2.75) is 20.4 Å². The fraction of sp³-hybridized carbons (Fsp3) is 0.368. The molecule has 0 spiro atoms. The number of nitrogens with one attached hydrogen (secondary N) is 1. The van der Waals surface area contributed by atoms with Crippen molar-refractivity contribution in [2.24, 2.45) is 0 Å². The number of pyridine rings is 1. The van der Waals surface area contributed by atoms with Gasteiger partial charge in [0, 0.05) is 50.8 Å². The topological polar surface area (TPSA) is 48.5 Å². The second-order valence-corrected chi connectivity index (χ2v) is 6.28. The summed E-state index contributed by atoms with van der Waals surface area (Å²) in [5.74, 6) is 0. The van der Waals surface area contributed by atoms with Crippen LogP contribution in [-0.4, -0.2) is 42.1 Å². The average Bonchev–Trinajstić information content (AvgIpc) is 2.63. The molecule has 0 aliphatic carbocycles. The molecule has 2 heterocycles. The van der Waals surface area contributed by atoms with Gasteiger partial charge >= 0.3 is 6.03 Å². The number of benzene rings is 1. The summed E-state index contributed by atoms with van der Waals surface area (Å²) in [7, 11) is 0. The molecule has 2 aromatic rings. The summed E-state index contributed by atoms with van der Waals surface area (Å²) in [6.45, 7) is 8.03. The van der Waals surface area contributed by atoms with E-state index in [4.69, 9.17) is 0 Å². The molecule has 1 fully saturated rings. The first kappa shape index (κ1) is 16.3. The van der Waals surface area contributed by atoms with Crippen molar-refractivity contribution in [3.05, 3.63) is 59.4 Å². The van der Waals surface area contributed by atoms with Crippen LogP contribution in [0.4, 0.5) is 10.5 Å². The number of amides is 2. The van der Waals surface area contributed by atoms with Crippen molar-refractivity contribution in [3.8, 4) is 0 Å². The number of rotatable bonds is 3. The number of hydrogen-bond donors (Lipinski definition) is 1. The fourth-order valence-electron chi connectivity index (χ4n) is 3.00. The highest BCUT2D eigenvalue weighted by Crippen LogP contribution is 2.22. The lowest BCUT2D eigenvalue weighted by Crippen LogP contribution is -2.51. The van der Waals surface area contributed by atoms with E-state index >= 15 is 0 Å². The van der Waals surface area contributed by atoms with Gasteiger partial charge in [-0.3, -0.25) is 4.98 Å². The van der Waals surface area contributed by atoms with Gasteiger partial charge in [-0.2, -0.15) is 0 Å². The molecule has 1 aliphatic rings. The van der Waals surface area contributed by atoms with Crippen LogP contribution >= 0.6 is 0 Å². The van der Waals surface area contributed by atoms with Gasteiger partial charge in [-0.15, -0.1) is 0 Å². The molecule has 0 radical (unpaired) electrons. The predicted molar refractivity (Wildman–Crippen MR) is 96.2 cm³/mol. The number of piperazine rings is 1. The third-order valence-corrected chi connectivity index (χ3v) is 4.47. The van der Waals surface area contributed by atoms with E-state index in [-0.39, 0.29) is 6.03 Å². The molecule has 126 valence electrons. The lowest BCUT2D eigenvalue weighted by Gasteiger charge is -2.37. The van der Waals surface area contributed by atoms with Crippen molar-refractivity contribution >= 4 is 11.7 Å². The molecule has 1 N–H and O–H groups in total. The van der Waals surface area contributed by atoms with Gasteiger partial charge in [-0.25, -0.2) is 4.79 Å². The van der Waals surface area contributed by atoms with Crippen LogP contribution in [0.5, 0.6) is 0 Å². The van der Waals surface area contributed by atoms with E-state index in [0.717, 1.165) is 31.7 Å². The molecule has 5 nitrogen and oxygen atoms in total. The number of aromatic nitrogens is 1. The number of urea groups is 1. The molecule has 1 aromatic carbocycles. The second kappa shape index (κ2) is 7.34. The Labute approximate surface area is 143 Å². The van der Waals surface area contributed by atoms with Crippen LogP contribution in [0.25, 0.3) is 0 Å². The third kappa shape index (κ3) is 3.85. The van der Waals surface area contributed by atoms with Crippen molar-refractivity contribution in [3.63, 3.8) is 0 Å². The molecule has 0 unspecified atom stereocenters. The predicted octanol–water partition coefficient (Wildman–Crippen LogP) is 2.73. The maximum absolute atomic E-state index is 12.3. The normalized spacial score (nSPS) is 14.6. The molecule has 24 heavy (non-hydrogen) atoms. The maximum atomic E-state index is 12.3. The number of anilines is 1. The number of carbonyl (C=O) groups is 1. The monoisotopic (exact) mass is 324 g/mol. The first-order valence-electron chi connectivity index (χ1n) is 8.37. The molecule has 1 aliphatic heterocycles. The van der Waals surface area contributed by atoms with Crippen LogP contribution in [0.15, 0.2) is 42.7 Å². The molecule has 1 aromatic heterocycles. The fourth-order valence-corrected chi connectivity index (χ4v) is 3.00. The van der Waals surface area contributed by atoms with Crippen LogP contribution in [0.1, 0.15) is 16.7 Å². The van der Waals surface area contributed by atoms with Gasteiger partial charge in [-0.05, 0) is 48.7 Å². The Morgan fingerprint density at radius 1 is 1.08 bits per heavy atom. The van der Waals surface area contributed by atoms with Gasteiger partial charge in [0.2, 0.25) is 0 Å². The summed E-state index contributed by atoms with van der Waals surface area (Å²) in [5.41, 5.74) is 4.91. The highest BCUT2D eigenvalue weighted by Gasteiger charge is 2.21. The van der Waals surface area contributed by atoms with Crippen LogP contribution in [0, 0.1) is 13.8 Å². The van der Waals surface area contributed by atoms with Crippen LogP contribution in [-0.2, 0) is 6.54 Å². The zero-order chi connectivity index (χ0) is 16.9. The molecule has 5 heteroatoms. The summed E-state index contributed by atoms with van der Waals surface area (Å²) in [4.78, 5) is 20.6. The van der Waals surface area contributed by atoms with Crippen LogP contribution < -0.4 is 10.2 Å². The number of carbonyl (C=O) groups excluding carboxylic acids is 1. The minimum absolute atomic E-state index is 0.00688. The minimum Gasteiger partial charge on any atom is -0.368 e. The summed E-state index contributed by atoms with van der Waals surface area (Å²) in [5, 5.41) is 2.98. The molecule has 0 saturated carbocycles. The van der Waals surface area contributed by atoms with Crippen molar-refractivity contribution < 1.29 is 4.79 Å². The average molecular weight is 324 g/mol. The third-order valence-electron chi connectivity index (χ3n) is 4.47. The molecule has 0 bridgehead atoms. The van der Waals surface area contributed by atoms with E-state index in [9.17, 15) is 4.79 Å². The van der Waals surface area contributed by atoms with E-state index in [1.807, 2.05) is 17.0 Å². The van der Waals surface area contributed by atoms with E-state index in [1.165, 1.54) is 16.8 Å². The number of aryl methyl sites for hydroxylation is 2. The minimum atomic E-state index is 0.00688. The highest BCUT2D eigenvalue weighted by atomic mass is 16.2. The molecular weight excluding hydrogens is 300 g/mol. The summed E-state index contributed by atoms with van der Waals surface area (Å²) in [6, 6.07) is 10.4. The van der Waals surface area contributed by atoms with Gasteiger partial charge in [0.05, 0.1) is 0 Å². The smallest absolute Gasteiger partial charge is 0.317 e. The molecule has 0 atom stereocenters. The van der Waals surface area contributed by atoms with Gasteiger partial charge in [0.1, 0.15) is 0 Å². The maximum Gasteiger partial charge on any atom is 0.317 e. The van der Waals surface area contributed by atoms with Crippen LogP contribution in [0.3, 0.4) is 0 Å². The zero-order valence-corrected chi connectivity index (χ0v) is 14.3. The van der Waals surface area contributed by atoms with Crippen molar-refractivity contribution in [1.82, 2.24) is 15.2 Å². The standard InChI is InChI=1S/C19H24N4O/c1-15-3-4-16(2)18(13-15)22-9-11-23(12-10-22)19(24)21-14-17-5-7-20-8-6-17/h3-8,13H,9-12,14H2,1-2H3,(H,21,24). The summed E-state index contributed by atoms with van der Waals surface area (Å²) < 4.78 is 0. The van der Waals surface area contributed by atoms with Crippen LogP contribution in [0.2, 0.25) is 0 Å². The Bertz CT molecular complexity index is 694. The molecule has 1 saturated heterocycles. The number of nitrogens with zero attached hydrogens (tertiary/aromatic N) is 3. The SMILES string of the molecule is Cc1ccc(C)c(N2CCN(C(=O)NCc3ccncc3)CC2)c1. The van der Waals surface area contributed by atoms with Gasteiger partial charge in [0.25, 0.3) is 0 Å². The Balaban J connectivity index is 1.53. The van der Waals surface area contributed by atoms with E-state index in [1.54, 1.807) is 12.4 Å². The van der Waals surface area contributed by atoms with Gasteiger partial charge in [0.15, 0.2) is 0 Å². The first-order chi connectivity index (χ1) is 11.6. The molecule has 3 rings (SSSR count). The lowest BCUT2D eigenvalue weighted by molar-refractivity contribution is 0.194. The quantitative estimate of drug-likeness (QED) is 0.944. The first-order valence-corrected chi connectivity index (χ1v) is 8.37. The summed E-state index contributed by atoms with van der Waals surface area (Å²) >= 11 is 0. The van der Waals surface area contributed by atoms with E-state index < -0.39 is 0 Å². The number of hydrogen-bond acceptors (Lipinski definition) is 3.